The number of nitrogens with zero attached hydrogens (tertiary/aromatic N) is 2. The van der Waals surface area contributed by atoms with Crippen LogP contribution < -0.4 is 10.2 Å². The Hall–Kier alpha value is -1.59. The number of benzene rings is 1. The highest BCUT2D eigenvalue weighted by atomic mass is 16.5. The van der Waals surface area contributed by atoms with Gasteiger partial charge in [0.2, 0.25) is 5.91 Å². The van der Waals surface area contributed by atoms with Gasteiger partial charge in [0.1, 0.15) is 0 Å². The van der Waals surface area contributed by atoms with Crippen LogP contribution in [-0.2, 0) is 9.53 Å². The van der Waals surface area contributed by atoms with Gasteiger partial charge < -0.3 is 15.0 Å². The van der Waals surface area contributed by atoms with Gasteiger partial charge in [-0.3, -0.25) is 9.69 Å². The second-order valence-electron chi connectivity index (χ2n) is 5.77. The highest BCUT2D eigenvalue weighted by Crippen LogP contribution is 2.21. The van der Waals surface area contributed by atoms with E-state index in [0.29, 0.717) is 13.2 Å². The average molecular weight is 305 g/mol. The van der Waals surface area contributed by atoms with Crippen molar-refractivity contribution in [2.24, 2.45) is 0 Å². The molecule has 1 aliphatic heterocycles. The van der Waals surface area contributed by atoms with Crippen molar-refractivity contribution in [3.8, 4) is 0 Å². The normalized spacial score (nSPS) is 17.3. The number of piperazine rings is 1. The molecule has 0 saturated carbocycles. The molecule has 1 aromatic carbocycles. The van der Waals surface area contributed by atoms with Crippen LogP contribution in [0.5, 0.6) is 0 Å². The van der Waals surface area contributed by atoms with Crippen LogP contribution in [0.15, 0.2) is 24.3 Å². The van der Waals surface area contributed by atoms with Crippen LogP contribution in [-0.4, -0.2) is 63.3 Å². The number of amides is 1. The molecule has 0 unspecified atom stereocenters. The first kappa shape index (κ1) is 16.8. The van der Waals surface area contributed by atoms with Crippen molar-refractivity contribution in [3.05, 3.63) is 29.8 Å². The third-order valence-corrected chi connectivity index (χ3v) is 4.30. The van der Waals surface area contributed by atoms with Crippen molar-refractivity contribution in [2.75, 3.05) is 51.3 Å². The van der Waals surface area contributed by atoms with Crippen molar-refractivity contribution < 1.29 is 9.53 Å². The van der Waals surface area contributed by atoms with Crippen molar-refractivity contribution in [1.29, 1.82) is 0 Å². The van der Waals surface area contributed by atoms with E-state index >= 15 is 0 Å². The number of carbonyl (C=O) groups is 1. The van der Waals surface area contributed by atoms with Crippen molar-refractivity contribution >= 4 is 11.6 Å². The van der Waals surface area contributed by atoms with Crippen LogP contribution in [0.25, 0.3) is 0 Å². The van der Waals surface area contributed by atoms with Crippen molar-refractivity contribution in [1.82, 2.24) is 10.2 Å². The van der Waals surface area contributed by atoms with Crippen LogP contribution in [0.4, 0.5) is 5.69 Å². The zero-order chi connectivity index (χ0) is 15.9. The van der Waals surface area contributed by atoms with E-state index in [4.69, 9.17) is 4.74 Å². The molecular formula is C17H27N3O2. The van der Waals surface area contributed by atoms with Gasteiger partial charge in [-0.05, 0) is 25.5 Å². The monoisotopic (exact) mass is 305 g/mol. The number of nitrogens with one attached hydrogen (secondary N) is 1. The maximum absolute atomic E-state index is 12.1. The second kappa shape index (κ2) is 8.15. The molecule has 1 heterocycles. The maximum Gasteiger partial charge on any atom is 0.237 e. The summed E-state index contributed by atoms with van der Waals surface area (Å²) in [6.07, 6.45) is 0. The highest BCUT2D eigenvalue weighted by molar-refractivity contribution is 5.81. The number of methoxy groups -OCH3 is 1. The molecule has 1 aromatic rings. The molecule has 5 heteroatoms. The predicted octanol–water partition coefficient (Wildman–Crippen LogP) is 1.27. The van der Waals surface area contributed by atoms with E-state index in [1.807, 2.05) is 6.92 Å². The Morgan fingerprint density at radius 1 is 1.27 bits per heavy atom. The molecule has 122 valence electrons. The summed E-state index contributed by atoms with van der Waals surface area (Å²) in [5.41, 5.74) is 2.61. The number of aryl methyl sites for hydroxylation is 1. The van der Waals surface area contributed by atoms with Crippen LogP contribution in [0.1, 0.15) is 12.5 Å². The van der Waals surface area contributed by atoms with Gasteiger partial charge >= 0.3 is 0 Å². The van der Waals surface area contributed by atoms with Gasteiger partial charge in [-0.15, -0.1) is 0 Å². The van der Waals surface area contributed by atoms with Crippen LogP contribution in [0.3, 0.4) is 0 Å². The highest BCUT2D eigenvalue weighted by Gasteiger charge is 2.25. The van der Waals surface area contributed by atoms with E-state index in [2.05, 4.69) is 46.3 Å². The molecule has 0 aliphatic carbocycles. The average Bonchev–Trinajstić information content (AvgIpc) is 2.55. The number of para-hydroxylation sites is 1. The Balaban J connectivity index is 1.84. The molecule has 1 saturated heterocycles. The number of rotatable bonds is 6. The van der Waals surface area contributed by atoms with Gasteiger partial charge in [-0.25, -0.2) is 0 Å². The molecule has 2 rings (SSSR count). The van der Waals surface area contributed by atoms with Gasteiger partial charge in [0.25, 0.3) is 0 Å². The molecule has 0 bridgehead atoms. The third-order valence-electron chi connectivity index (χ3n) is 4.30. The summed E-state index contributed by atoms with van der Waals surface area (Å²) in [7, 11) is 1.64. The quantitative estimate of drug-likeness (QED) is 0.804. The number of hydrogen-bond acceptors (Lipinski definition) is 4. The van der Waals surface area contributed by atoms with E-state index < -0.39 is 0 Å². The zero-order valence-electron chi connectivity index (χ0n) is 13.8. The van der Waals surface area contributed by atoms with Gasteiger partial charge in [0.15, 0.2) is 0 Å². The lowest BCUT2D eigenvalue weighted by molar-refractivity contribution is -0.126. The zero-order valence-corrected chi connectivity index (χ0v) is 13.8. The molecular weight excluding hydrogens is 278 g/mol. The largest absolute Gasteiger partial charge is 0.383 e. The number of carbonyl (C=O) groups excluding carboxylic acids is 1. The Morgan fingerprint density at radius 2 is 1.95 bits per heavy atom. The molecule has 1 N–H and O–H groups in total. The van der Waals surface area contributed by atoms with E-state index in [9.17, 15) is 4.79 Å². The molecule has 0 spiro atoms. The van der Waals surface area contributed by atoms with Crippen LogP contribution in [0.2, 0.25) is 0 Å². The van der Waals surface area contributed by atoms with Crippen LogP contribution in [0, 0.1) is 6.92 Å². The maximum atomic E-state index is 12.1. The number of hydrogen-bond donors (Lipinski definition) is 1. The summed E-state index contributed by atoms with van der Waals surface area (Å²) in [6, 6.07) is 8.39. The fourth-order valence-electron chi connectivity index (χ4n) is 2.86. The Bertz CT molecular complexity index is 485. The lowest BCUT2D eigenvalue weighted by Crippen LogP contribution is -2.54. The predicted molar refractivity (Wildman–Crippen MR) is 89.3 cm³/mol. The summed E-state index contributed by atoms with van der Waals surface area (Å²) in [6.45, 7) is 8.99. The molecule has 1 fully saturated rings. The molecule has 0 radical (unpaired) electrons. The first-order valence-electron chi connectivity index (χ1n) is 7.94. The Morgan fingerprint density at radius 3 is 2.59 bits per heavy atom. The topological polar surface area (TPSA) is 44.8 Å². The Kier molecular flexibility index (Phi) is 6.21. The van der Waals surface area contributed by atoms with E-state index in [1.54, 1.807) is 7.11 Å². The molecule has 1 aliphatic rings. The lowest BCUT2D eigenvalue weighted by atomic mass is 10.1. The van der Waals surface area contributed by atoms with Crippen LogP contribution >= 0.6 is 0 Å². The fraction of sp³-hybridized carbons (Fsp3) is 0.588. The minimum atomic E-state index is -0.0872. The summed E-state index contributed by atoms with van der Waals surface area (Å²) in [5.74, 6) is 0.0846. The molecule has 1 atom stereocenters. The minimum absolute atomic E-state index is 0.0846. The molecule has 5 nitrogen and oxygen atoms in total. The summed E-state index contributed by atoms with van der Waals surface area (Å²) >= 11 is 0. The molecule has 1 amide bonds. The second-order valence-corrected chi connectivity index (χ2v) is 5.77. The van der Waals surface area contributed by atoms with Gasteiger partial charge in [0.05, 0.1) is 12.6 Å². The van der Waals surface area contributed by atoms with E-state index in [1.165, 1.54) is 11.3 Å². The van der Waals surface area contributed by atoms with E-state index in [-0.39, 0.29) is 11.9 Å². The van der Waals surface area contributed by atoms with E-state index in [0.717, 1.165) is 26.2 Å². The number of ether oxygens (including phenoxy) is 1. The summed E-state index contributed by atoms with van der Waals surface area (Å²) in [4.78, 5) is 16.8. The van der Waals surface area contributed by atoms with Crippen molar-refractivity contribution in [2.45, 2.75) is 19.9 Å². The smallest absolute Gasteiger partial charge is 0.237 e. The SMILES string of the molecule is COCCNC(=O)[C@@H](C)N1CCN(c2ccccc2C)CC1. The third kappa shape index (κ3) is 4.21. The van der Waals surface area contributed by atoms with Gasteiger partial charge in [-0.1, -0.05) is 18.2 Å². The van der Waals surface area contributed by atoms with Crippen molar-refractivity contribution in [3.63, 3.8) is 0 Å². The minimum Gasteiger partial charge on any atom is -0.383 e. The molecule has 22 heavy (non-hydrogen) atoms. The number of anilines is 1. The Labute approximate surface area is 133 Å². The first-order valence-corrected chi connectivity index (χ1v) is 7.94. The summed E-state index contributed by atoms with van der Waals surface area (Å²) < 4.78 is 4.96. The first-order chi connectivity index (χ1) is 10.6. The molecule has 0 aromatic heterocycles. The van der Waals surface area contributed by atoms with Gasteiger partial charge in [0, 0.05) is 45.5 Å². The lowest BCUT2D eigenvalue weighted by Gasteiger charge is -2.39. The standard InChI is InChI=1S/C17H27N3O2/c1-14-6-4-5-7-16(14)20-11-9-19(10-12-20)15(2)17(21)18-8-13-22-3/h4-7,15H,8-13H2,1-3H3,(H,18,21)/t15-/m1/s1. The summed E-state index contributed by atoms with van der Waals surface area (Å²) in [5, 5.41) is 2.91. The van der Waals surface area contributed by atoms with Gasteiger partial charge in [-0.2, -0.15) is 0 Å². The fourth-order valence-corrected chi connectivity index (χ4v) is 2.86.